The van der Waals surface area contributed by atoms with Crippen molar-refractivity contribution in [3.8, 4) is 0 Å². The Morgan fingerprint density at radius 1 is 1.22 bits per heavy atom. The number of halogens is 3. The van der Waals surface area contributed by atoms with Crippen LogP contribution in [0.2, 0.25) is 0 Å². The van der Waals surface area contributed by atoms with Crippen LogP contribution in [0.1, 0.15) is 28.3 Å². The zero-order valence-corrected chi connectivity index (χ0v) is 12.7. The van der Waals surface area contributed by atoms with Crippen LogP contribution in [0, 0.1) is 13.8 Å². The van der Waals surface area contributed by atoms with Gasteiger partial charge in [-0.3, -0.25) is 4.68 Å². The highest BCUT2D eigenvalue weighted by atomic mass is 19.4. The summed E-state index contributed by atoms with van der Waals surface area (Å²) in [7, 11) is 0. The Hall–Kier alpha value is -2.16. The molecule has 0 radical (unpaired) electrons. The van der Waals surface area contributed by atoms with Gasteiger partial charge in [0.25, 0.3) is 0 Å². The lowest BCUT2D eigenvalue weighted by atomic mass is 10.2. The predicted octanol–water partition coefficient (Wildman–Crippen LogP) is 1.82. The fraction of sp³-hybridized carbons (Fsp3) is 0.500. The van der Waals surface area contributed by atoms with Crippen LogP contribution >= 0.6 is 0 Å². The smallest absolute Gasteiger partial charge is 0.394 e. The lowest BCUT2D eigenvalue weighted by Gasteiger charge is -2.21. The summed E-state index contributed by atoms with van der Waals surface area (Å²) in [6.45, 7) is 4.43. The molecule has 124 valence electrons. The Labute approximate surface area is 130 Å². The highest BCUT2D eigenvalue weighted by Crippen LogP contribution is 2.33. The van der Waals surface area contributed by atoms with Crippen LogP contribution in [0.3, 0.4) is 0 Å². The molecule has 0 aromatic carbocycles. The molecule has 0 saturated heterocycles. The van der Waals surface area contributed by atoms with Gasteiger partial charge in [-0.25, -0.2) is 9.97 Å². The van der Waals surface area contributed by atoms with E-state index < -0.39 is 12.0 Å². The van der Waals surface area contributed by atoms with Gasteiger partial charge in [0.2, 0.25) is 5.82 Å². The van der Waals surface area contributed by atoms with Gasteiger partial charge in [-0.2, -0.15) is 18.3 Å². The minimum atomic E-state index is -4.58. The molecule has 0 fully saturated rings. The third-order valence-corrected chi connectivity index (χ3v) is 3.97. The van der Waals surface area contributed by atoms with Crippen LogP contribution < -0.4 is 4.90 Å². The lowest BCUT2D eigenvalue weighted by molar-refractivity contribution is -0.145. The van der Waals surface area contributed by atoms with Crippen molar-refractivity contribution in [1.29, 1.82) is 0 Å². The first-order chi connectivity index (χ1) is 10.8. The Bertz CT molecular complexity index is 741. The fourth-order valence-corrected chi connectivity index (χ4v) is 2.69. The summed E-state index contributed by atoms with van der Waals surface area (Å²) in [4.78, 5) is 9.06. The van der Waals surface area contributed by atoms with E-state index in [0.717, 1.165) is 11.3 Å². The molecule has 1 aliphatic rings. The highest BCUT2D eigenvalue weighted by molar-refractivity contribution is 5.52. The van der Waals surface area contributed by atoms with Crippen molar-refractivity contribution >= 4 is 5.82 Å². The van der Waals surface area contributed by atoms with E-state index >= 15 is 0 Å². The molecule has 3 rings (SSSR count). The van der Waals surface area contributed by atoms with Gasteiger partial charge >= 0.3 is 6.18 Å². The zero-order chi connectivity index (χ0) is 16.8. The van der Waals surface area contributed by atoms with E-state index in [-0.39, 0.29) is 12.4 Å². The number of hydrogen-bond donors (Lipinski definition) is 1. The number of rotatable bonds is 3. The fourth-order valence-electron chi connectivity index (χ4n) is 2.69. The average molecular weight is 327 g/mol. The van der Waals surface area contributed by atoms with Gasteiger partial charge in [-0.05, 0) is 13.8 Å². The Kier molecular flexibility index (Phi) is 3.75. The summed E-state index contributed by atoms with van der Waals surface area (Å²) in [5.74, 6) is -0.833. The molecule has 9 heteroatoms. The summed E-state index contributed by atoms with van der Waals surface area (Å²) < 4.78 is 40.5. The second-order valence-electron chi connectivity index (χ2n) is 5.50. The average Bonchev–Trinajstić information content (AvgIpc) is 3.03. The van der Waals surface area contributed by atoms with Gasteiger partial charge in [-0.1, -0.05) is 0 Å². The number of aromatic nitrogens is 4. The van der Waals surface area contributed by atoms with Gasteiger partial charge < -0.3 is 10.0 Å². The van der Waals surface area contributed by atoms with Crippen LogP contribution in [-0.4, -0.2) is 31.5 Å². The van der Waals surface area contributed by atoms with E-state index in [0.29, 0.717) is 30.9 Å². The number of aliphatic hydroxyl groups is 1. The summed E-state index contributed by atoms with van der Waals surface area (Å²) in [5, 5.41) is 13.2. The van der Waals surface area contributed by atoms with Crippen molar-refractivity contribution in [1.82, 2.24) is 19.7 Å². The number of hydrogen-bond acceptors (Lipinski definition) is 5. The maximum absolute atomic E-state index is 12.9. The van der Waals surface area contributed by atoms with E-state index in [1.807, 2.05) is 0 Å². The number of nitrogens with zero attached hydrogens (tertiary/aromatic N) is 5. The third-order valence-electron chi connectivity index (χ3n) is 3.97. The Morgan fingerprint density at radius 3 is 2.61 bits per heavy atom. The van der Waals surface area contributed by atoms with E-state index in [9.17, 15) is 13.2 Å². The summed E-state index contributed by atoms with van der Waals surface area (Å²) in [5.41, 5.74) is 2.77. The topological polar surface area (TPSA) is 67.1 Å². The molecule has 1 N–H and O–H groups in total. The molecule has 2 aromatic rings. The summed E-state index contributed by atoms with van der Waals surface area (Å²) in [6.07, 6.45) is -2.90. The second kappa shape index (κ2) is 5.48. The molecule has 0 atom stereocenters. The maximum atomic E-state index is 12.9. The van der Waals surface area contributed by atoms with Crippen LogP contribution in [0.25, 0.3) is 0 Å². The minimum Gasteiger partial charge on any atom is -0.394 e. The second-order valence-corrected chi connectivity index (χ2v) is 5.50. The largest absolute Gasteiger partial charge is 0.451 e. The summed E-state index contributed by atoms with van der Waals surface area (Å²) >= 11 is 0. The molecule has 6 nitrogen and oxygen atoms in total. The van der Waals surface area contributed by atoms with Crippen LogP contribution in [-0.2, 0) is 25.8 Å². The van der Waals surface area contributed by atoms with E-state index in [1.54, 1.807) is 29.6 Å². The van der Waals surface area contributed by atoms with E-state index in [2.05, 4.69) is 15.1 Å². The van der Waals surface area contributed by atoms with E-state index in [4.69, 9.17) is 5.11 Å². The molecule has 0 saturated carbocycles. The van der Waals surface area contributed by atoms with Gasteiger partial charge in [-0.15, -0.1) is 0 Å². The van der Waals surface area contributed by atoms with Crippen LogP contribution in [0.4, 0.5) is 19.0 Å². The predicted molar refractivity (Wildman–Crippen MR) is 75.7 cm³/mol. The first-order valence-corrected chi connectivity index (χ1v) is 7.13. The third kappa shape index (κ3) is 2.76. The van der Waals surface area contributed by atoms with Crippen LogP contribution in [0.5, 0.6) is 0 Å². The molecule has 23 heavy (non-hydrogen) atoms. The van der Waals surface area contributed by atoms with Crippen molar-refractivity contribution in [2.75, 3.05) is 11.5 Å². The quantitative estimate of drug-likeness (QED) is 0.931. The molecule has 2 aromatic heterocycles. The maximum Gasteiger partial charge on any atom is 0.451 e. The molecule has 0 spiro atoms. The van der Waals surface area contributed by atoms with Crippen molar-refractivity contribution in [2.24, 2.45) is 0 Å². The van der Waals surface area contributed by atoms with Crippen LogP contribution in [0.15, 0.2) is 6.20 Å². The number of fused-ring (bicyclic) bond motifs is 1. The number of aryl methyl sites for hydroxylation is 1. The molecule has 1 aliphatic heterocycles. The molecule has 0 bridgehead atoms. The van der Waals surface area contributed by atoms with Crippen molar-refractivity contribution in [2.45, 2.75) is 39.7 Å². The minimum absolute atomic E-state index is 0.0437. The molecular formula is C14H16F3N5O. The highest BCUT2D eigenvalue weighted by Gasteiger charge is 2.37. The standard InChI is InChI=1S/C14H16F3N5O/c1-8-9(2)19-13(14(15,16)17)20-12(8)21-6-10-5-18-22(3-4-23)11(10)7-21/h5,23H,3-4,6-7H2,1-2H3. The van der Waals surface area contributed by atoms with Gasteiger partial charge in [0, 0.05) is 23.4 Å². The molecule has 0 unspecified atom stereocenters. The number of aliphatic hydroxyl groups excluding tert-OH is 1. The number of alkyl halides is 3. The Morgan fingerprint density at radius 2 is 1.96 bits per heavy atom. The van der Waals surface area contributed by atoms with Gasteiger partial charge in [0.1, 0.15) is 5.82 Å². The van der Waals surface area contributed by atoms with Gasteiger partial charge in [0.05, 0.1) is 31.6 Å². The zero-order valence-electron chi connectivity index (χ0n) is 12.7. The molecule has 0 amide bonds. The Balaban J connectivity index is 1.96. The SMILES string of the molecule is Cc1nc(C(F)(F)F)nc(N2Cc3cnn(CCO)c3C2)c1C. The van der Waals surface area contributed by atoms with E-state index in [1.165, 1.54) is 0 Å². The monoisotopic (exact) mass is 327 g/mol. The molecular weight excluding hydrogens is 311 g/mol. The van der Waals surface area contributed by atoms with Crippen molar-refractivity contribution < 1.29 is 18.3 Å². The first-order valence-electron chi connectivity index (χ1n) is 7.13. The van der Waals surface area contributed by atoms with Crippen molar-refractivity contribution in [3.05, 3.63) is 34.5 Å². The normalized spacial score (nSPS) is 14.4. The number of anilines is 1. The first kappa shape index (κ1) is 15.7. The summed E-state index contributed by atoms with van der Waals surface area (Å²) in [6, 6.07) is 0. The molecule has 3 heterocycles. The van der Waals surface area contributed by atoms with Gasteiger partial charge in [0.15, 0.2) is 0 Å². The lowest BCUT2D eigenvalue weighted by Crippen LogP contribution is -2.23. The molecule has 0 aliphatic carbocycles. The van der Waals surface area contributed by atoms with Crippen molar-refractivity contribution in [3.63, 3.8) is 0 Å².